The molecule has 1 aromatic heterocycles. The highest BCUT2D eigenvalue weighted by atomic mass is 32.2. The Hall–Kier alpha value is -3.46. The lowest BCUT2D eigenvalue weighted by Crippen LogP contribution is -2.78. The number of aromatic nitrogens is 2. The van der Waals surface area contributed by atoms with Gasteiger partial charge in [0, 0.05) is 24.1 Å². The van der Waals surface area contributed by atoms with Gasteiger partial charge in [-0.25, -0.2) is 4.57 Å². The second-order valence-electron chi connectivity index (χ2n) is 8.15. The number of aryl methyl sites for hydroxylation is 2. The molecule has 0 radical (unpaired) electrons. The molecule has 0 spiro atoms. The molecule has 5 N–H and O–H groups in total. The average Bonchev–Trinajstić information content (AvgIpc) is 3.15. The number of guanidine groups is 1. The highest BCUT2D eigenvalue weighted by molar-refractivity contribution is 8.03. The zero-order valence-electron chi connectivity index (χ0n) is 20.1. The summed E-state index contributed by atoms with van der Waals surface area (Å²) in [6, 6.07) is 12.4. The van der Waals surface area contributed by atoms with Crippen LogP contribution in [0.25, 0.3) is 17.0 Å². The maximum atomic E-state index is 5.59. The van der Waals surface area contributed by atoms with Crippen molar-refractivity contribution >= 4 is 40.4 Å². The number of nitrogens with zero attached hydrogens (tertiary/aromatic N) is 3. The molecule has 0 fully saturated rings. The van der Waals surface area contributed by atoms with E-state index in [1.165, 1.54) is 10.6 Å². The molecule has 0 saturated carbocycles. The van der Waals surface area contributed by atoms with Crippen molar-refractivity contribution in [1.82, 2.24) is 4.98 Å². The molecule has 1 aliphatic heterocycles. The van der Waals surface area contributed by atoms with E-state index in [2.05, 4.69) is 51.8 Å². The van der Waals surface area contributed by atoms with E-state index in [0.29, 0.717) is 11.5 Å². The Kier molecular flexibility index (Phi) is 7.12. The van der Waals surface area contributed by atoms with E-state index in [9.17, 15) is 0 Å². The van der Waals surface area contributed by atoms with Crippen molar-refractivity contribution in [1.29, 1.82) is 0 Å². The SMILES string of the molecule is COc1cc2c(C=C3Sc4ccccc4N3C)nc(CCCC[NH+]=C(N)N)[n+](C)c2cc1OC. The predicted octanol–water partition coefficient (Wildman–Crippen LogP) is 1.29. The number of anilines is 1. The molecule has 0 saturated heterocycles. The van der Waals surface area contributed by atoms with Crippen molar-refractivity contribution in [2.75, 3.05) is 32.7 Å². The molecule has 8 nitrogen and oxygen atoms in total. The quantitative estimate of drug-likeness (QED) is 0.193. The van der Waals surface area contributed by atoms with Crippen LogP contribution in [0.3, 0.4) is 0 Å². The number of rotatable bonds is 8. The second kappa shape index (κ2) is 10.2. The van der Waals surface area contributed by atoms with Gasteiger partial charge in [0.25, 0.3) is 5.82 Å². The largest absolute Gasteiger partial charge is 0.493 e. The van der Waals surface area contributed by atoms with Crippen molar-refractivity contribution in [3.8, 4) is 11.5 Å². The fourth-order valence-electron chi connectivity index (χ4n) is 4.10. The molecule has 1 aliphatic rings. The van der Waals surface area contributed by atoms with E-state index in [1.807, 2.05) is 19.2 Å². The summed E-state index contributed by atoms with van der Waals surface area (Å²) in [4.78, 5) is 11.5. The summed E-state index contributed by atoms with van der Waals surface area (Å²) in [5.74, 6) is 2.63. The van der Waals surface area contributed by atoms with Gasteiger partial charge < -0.3 is 14.4 Å². The molecule has 0 unspecified atom stereocenters. The summed E-state index contributed by atoms with van der Waals surface area (Å²) in [7, 11) is 7.45. The molecule has 3 aromatic rings. The fourth-order valence-corrected chi connectivity index (χ4v) is 5.19. The zero-order chi connectivity index (χ0) is 24.2. The van der Waals surface area contributed by atoms with Gasteiger partial charge in [-0.1, -0.05) is 23.9 Å². The fraction of sp³-hybridized carbons (Fsp3) is 0.320. The lowest BCUT2D eigenvalue weighted by Gasteiger charge is -2.14. The van der Waals surface area contributed by atoms with Gasteiger partial charge in [-0.05, 0) is 36.0 Å². The second-order valence-corrected chi connectivity index (χ2v) is 9.21. The normalized spacial score (nSPS) is 13.9. The summed E-state index contributed by atoms with van der Waals surface area (Å²) in [6.45, 7) is 0.737. The van der Waals surface area contributed by atoms with E-state index in [-0.39, 0.29) is 5.96 Å². The minimum absolute atomic E-state index is 0.253. The topological polar surface area (TPSA) is 104 Å². The van der Waals surface area contributed by atoms with Crippen molar-refractivity contribution in [3.05, 3.63) is 52.9 Å². The van der Waals surface area contributed by atoms with Gasteiger partial charge in [0.1, 0.15) is 5.52 Å². The minimum Gasteiger partial charge on any atom is -0.493 e. The number of hydrogen-bond acceptors (Lipinski definition) is 5. The third-order valence-electron chi connectivity index (χ3n) is 5.96. The first kappa shape index (κ1) is 23.7. The Morgan fingerprint density at radius 2 is 1.88 bits per heavy atom. The lowest BCUT2D eigenvalue weighted by molar-refractivity contribution is -0.656. The van der Waals surface area contributed by atoms with Crippen LogP contribution in [0, 0.1) is 0 Å². The van der Waals surface area contributed by atoms with Crippen molar-refractivity contribution in [3.63, 3.8) is 0 Å². The van der Waals surface area contributed by atoms with Crippen molar-refractivity contribution in [2.45, 2.75) is 24.2 Å². The first-order valence-corrected chi connectivity index (χ1v) is 12.0. The van der Waals surface area contributed by atoms with Crippen LogP contribution in [0.2, 0.25) is 0 Å². The van der Waals surface area contributed by atoms with Crippen LogP contribution in [-0.4, -0.2) is 38.8 Å². The Bertz CT molecular complexity index is 1270. The molecule has 9 heteroatoms. The van der Waals surface area contributed by atoms with Crippen LogP contribution >= 0.6 is 11.8 Å². The maximum absolute atomic E-state index is 5.59. The van der Waals surface area contributed by atoms with Gasteiger partial charge in [0.2, 0.25) is 0 Å². The number of nitrogens with two attached hydrogens (primary N) is 2. The molecule has 2 aromatic carbocycles. The highest BCUT2D eigenvalue weighted by Gasteiger charge is 2.25. The molecule has 0 amide bonds. The summed E-state index contributed by atoms with van der Waals surface area (Å²) < 4.78 is 13.3. The van der Waals surface area contributed by atoms with Crippen LogP contribution in [0.15, 0.2) is 46.3 Å². The Balaban J connectivity index is 1.77. The monoisotopic (exact) mass is 480 g/mol. The summed E-state index contributed by atoms with van der Waals surface area (Å²) in [6.07, 6.45) is 4.88. The van der Waals surface area contributed by atoms with Crippen LogP contribution in [-0.2, 0) is 13.5 Å². The Morgan fingerprint density at radius 3 is 2.59 bits per heavy atom. The zero-order valence-corrected chi connectivity index (χ0v) is 20.9. The van der Waals surface area contributed by atoms with Crippen LogP contribution in [0.4, 0.5) is 5.69 Å². The van der Waals surface area contributed by atoms with Crippen LogP contribution in [0.5, 0.6) is 11.5 Å². The Morgan fingerprint density at radius 1 is 1.15 bits per heavy atom. The Labute approximate surface area is 204 Å². The van der Waals surface area contributed by atoms with E-state index in [4.69, 9.17) is 25.9 Å². The van der Waals surface area contributed by atoms with Gasteiger partial charge >= 0.3 is 5.96 Å². The number of benzene rings is 2. The number of hydrogen-bond donors (Lipinski definition) is 3. The molecule has 0 aliphatic carbocycles. The number of fused-ring (bicyclic) bond motifs is 2. The standard InChI is InChI=1S/C25H31N6O2S/c1-30-19-15-21(33-4)20(32-3)13-16(19)17(29-23(30)11-7-8-12-28-25(26)27)14-24-31(2)18-9-5-6-10-22(18)34-24/h5-6,9-10,13-15H,7-8,11-12H2,1-4H3,(H4,26,27,28)/q+1/p+1. The third-order valence-corrected chi connectivity index (χ3v) is 7.13. The third kappa shape index (κ3) is 4.75. The van der Waals surface area contributed by atoms with E-state index >= 15 is 0 Å². The van der Waals surface area contributed by atoms with Crippen molar-refractivity contribution < 1.29 is 19.0 Å². The number of nitrogens with one attached hydrogen (secondary N) is 1. The molecule has 0 bridgehead atoms. The van der Waals surface area contributed by atoms with E-state index < -0.39 is 0 Å². The number of para-hydroxylation sites is 1. The number of methoxy groups -OCH3 is 2. The summed E-state index contributed by atoms with van der Waals surface area (Å²) in [5, 5.41) is 2.14. The van der Waals surface area contributed by atoms with Gasteiger partial charge in [-0.2, -0.15) is 0 Å². The maximum Gasteiger partial charge on any atom is 0.338 e. The highest BCUT2D eigenvalue weighted by Crippen LogP contribution is 2.45. The first-order chi connectivity index (χ1) is 16.4. The van der Waals surface area contributed by atoms with E-state index in [1.54, 1.807) is 26.0 Å². The van der Waals surface area contributed by atoms with Gasteiger partial charge in [-0.3, -0.25) is 16.5 Å². The first-order valence-electron chi connectivity index (χ1n) is 11.2. The van der Waals surface area contributed by atoms with Gasteiger partial charge in [0.05, 0.1) is 50.3 Å². The predicted molar refractivity (Wildman–Crippen MR) is 137 cm³/mol. The van der Waals surface area contributed by atoms with E-state index in [0.717, 1.165) is 53.3 Å². The van der Waals surface area contributed by atoms with Crippen molar-refractivity contribution in [2.24, 2.45) is 18.5 Å². The number of unbranched alkanes of at least 4 members (excludes halogenated alkanes) is 1. The smallest absolute Gasteiger partial charge is 0.338 e. The van der Waals surface area contributed by atoms with Crippen LogP contribution in [0.1, 0.15) is 24.4 Å². The lowest BCUT2D eigenvalue weighted by atomic mass is 10.1. The number of ether oxygens (including phenoxy) is 2. The average molecular weight is 481 g/mol. The van der Waals surface area contributed by atoms with Gasteiger partial charge in [-0.15, -0.1) is 0 Å². The number of thioether (sulfide) groups is 1. The molecular weight excluding hydrogens is 448 g/mol. The summed E-state index contributed by atoms with van der Waals surface area (Å²) in [5.41, 5.74) is 14.1. The van der Waals surface area contributed by atoms with Crippen LogP contribution < -0.4 is 35.4 Å². The minimum atomic E-state index is 0.253. The molecule has 4 rings (SSSR count). The van der Waals surface area contributed by atoms with Gasteiger partial charge in [0.15, 0.2) is 17.2 Å². The molecule has 0 atom stereocenters. The molecule has 34 heavy (non-hydrogen) atoms. The molecule has 2 heterocycles. The molecular formula is C25H32N6O2S+2. The molecule has 178 valence electrons. The summed E-state index contributed by atoms with van der Waals surface area (Å²) >= 11 is 1.75.